The molecule has 0 spiro atoms. The van der Waals surface area contributed by atoms with Crippen molar-refractivity contribution < 1.29 is 10.2 Å². The van der Waals surface area contributed by atoms with Crippen LogP contribution in [0, 0.1) is 6.92 Å². The summed E-state index contributed by atoms with van der Waals surface area (Å²) in [5.74, 6) is 0.265. The fourth-order valence-electron chi connectivity index (χ4n) is 1.92. The van der Waals surface area contributed by atoms with E-state index in [-0.39, 0.29) is 17.0 Å². The molecule has 0 unspecified atom stereocenters. The first-order valence-corrected chi connectivity index (χ1v) is 4.85. The van der Waals surface area contributed by atoms with Crippen LogP contribution in [0.1, 0.15) is 30.4 Å². The maximum absolute atomic E-state index is 9.84. The quantitative estimate of drug-likeness (QED) is 0.636. The minimum absolute atomic E-state index is 0.120. The second-order valence-corrected chi connectivity index (χ2v) is 4.12. The van der Waals surface area contributed by atoms with Crippen LogP contribution in [0.15, 0.2) is 12.1 Å². The fourth-order valence-corrected chi connectivity index (χ4v) is 1.92. The molecule has 76 valence electrons. The Morgan fingerprint density at radius 1 is 1.29 bits per heavy atom. The van der Waals surface area contributed by atoms with Gasteiger partial charge in [-0.1, -0.05) is 0 Å². The molecular formula is C11H15NO2. The van der Waals surface area contributed by atoms with Gasteiger partial charge in [-0.2, -0.15) is 0 Å². The normalized spacial score (nSPS) is 19.0. The number of phenols is 2. The summed E-state index contributed by atoms with van der Waals surface area (Å²) < 4.78 is 0. The van der Waals surface area contributed by atoms with Crippen molar-refractivity contribution in [2.75, 3.05) is 0 Å². The smallest absolute Gasteiger partial charge is 0.127 e. The lowest BCUT2D eigenvalue weighted by molar-refractivity contribution is 0.244. The van der Waals surface area contributed by atoms with Crippen molar-refractivity contribution in [3.05, 3.63) is 23.3 Å². The first-order chi connectivity index (χ1) is 6.54. The van der Waals surface area contributed by atoms with Crippen LogP contribution in [0.2, 0.25) is 0 Å². The van der Waals surface area contributed by atoms with Gasteiger partial charge in [0.15, 0.2) is 0 Å². The number of aromatic hydroxyl groups is 2. The van der Waals surface area contributed by atoms with Crippen LogP contribution in [0.3, 0.4) is 0 Å². The molecule has 1 aromatic rings. The molecule has 0 atom stereocenters. The molecule has 3 heteroatoms. The average Bonchev–Trinajstić information content (AvgIpc) is 2.11. The number of hydrogen-bond acceptors (Lipinski definition) is 3. The predicted octanol–water partition coefficient (Wildman–Crippen LogP) is 1.74. The minimum atomic E-state index is -0.372. The molecule has 0 radical (unpaired) electrons. The number of rotatable bonds is 1. The van der Waals surface area contributed by atoms with E-state index in [0.29, 0.717) is 5.56 Å². The second-order valence-electron chi connectivity index (χ2n) is 4.12. The first-order valence-electron chi connectivity index (χ1n) is 4.85. The van der Waals surface area contributed by atoms with Crippen LogP contribution in [-0.4, -0.2) is 10.2 Å². The molecule has 0 aromatic heterocycles. The fraction of sp³-hybridized carbons (Fsp3) is 0.455. The highest BCUT2D eigenvalue weighted by molar-refractivity contribution is 5.50. The summed E-state index contributed by atoms with van der Waals surface area (Å²) in [4.78, 5) is 0. The van der Waals surface area contributed by atoms with Crippen LogP contribution >= 0.6 is 0 Å². The number of hydrogen-bond donors (Lipinski definition) is 3. The van der Waals surface area contributed by atoms with Crippen LogP contribution in [0.4, 0.5) is 0 Å². The molecule has 14 heavy (non-hydrogen) atoms. The van der Waals surface area contributed by atoms with Gasteiger partial charge in [0.2, 0.25) is 0 Å². The number of nitrogens with two attached hydrogens (primary N) is 1. The molecule has 1 saturated carbocycles. The third-order valence-electron chi connectivity index (χ3n) is 3.18. The van der Waals surface area contributed by atoms with Crippen molar-refractivity contribution in [2.45, 2.75) is 31.7 Å². The number of benzene rings is 1. The molecule has 0 aliphatic heterocycles. The van der Waals surface area contributed by atoms with Gasteiger partial charge in [0.1, 0.15) is 11.5 Å². The Balaban J connectivity index is 2.49. The van der Waals surface area contributed by atoms with Gasteiger partial charge in [-0.3, -0.25) is 0 Å². The van der Waals surface area contributed by atoms with Gasteiger partial charge in [0, 0.05) is 16.7 Å². The third kappa shape index (κ3) is 1.16. The van der Waals surface area contributed by atoms with Gasteiger partial charge >= 0.3 is 0 Å². The van der Waals surface area contributed by atoms with Crippen LogP contribution in [-0.2, 0) is 5.54 Å². The summed E-state index contributed by atoms with van der Waals surface area (Å²) in [5.41, 5.74) is 7.01. The second kappa shape index (κ2) is 2.89. The van der Waals surface area contributed by atoms with Crippen LogP contribution < -0.4 is 5.73 Å². The highest BCUT2D eigenvalue weighted by Crippen LogP contribution is 2.44. The van der Waals surface area contributed by atoms with Crippen molar-refractivity contribution >= 4 is 0 Å². The lowest BCUT2D eigenvalue weighted by Gasteiger charge is -2.39. The molecule has 1 aliphatic carbocycles. The zero-order chi connectivity index (χ0) is 10.3. The van der Waals surface area contributed by atoms with Gasteiger partial charge in [-0.05, 0) is 38.3 Å². The zero-order valence-corrected chi connectivity index (χ0v) is 8.25. The molecular weight excluding hydrogens is 178 g/mol. The maximum Gasteiger partial charge on any atom is 0.127 e. The molecule has 0 heterocycles. The van der Waals surface area contributed by atoms with Gasteiger partial charge in [-0.25, -0.2) is 0 Å². The van der Waals surface area contributed by atoms with Crippen LogP contribution in [0.5, 0.6) is 11.5 Å². The van der Waals surface area contributed by atoms with E-state index in [1.165, 1.54) is 0 Å². The summed E-state index contributed by atoms with van der Waals surface area (Å²) in [5, 5.41) is 19.2. The monoisotopic (exact) mass is 193 g/mol. The first kappa shape index (κ1) is 9.34. The Bertz CT molecular complexity index is 370. The standard InChI is InChI=1S/C11H15NO2/c1-7-9(13)4-3-8(10(7)14)11(12)5-2-6-11/h3-4,13-14H,2,5-6,12H2,1H3. The van der Waals surface area contributed by atoms with Crippen LogP contribution in [0.25, 0.3) is 0 Å². The van der Waals surface area contributed by atoms with Gasteiger partial charge in [-0.15, -0.1) is 0 Å². The van der Waals surface area contributed by atoms with E-state index >= 15 is 0 Å². The lowest BCUT2D eigenvalue weighted by Crippen LogP contribution is -2.43. The van der Waals surface area contributed by atoms with Crippen molar-refractivity contribution in [2.24, 2.45) is 5.73 Å². The minimum Gasteiger partial charge on any atom is -0.508 e. The zero-order valence-electron chi connectivity index (χ0n) is 8.25. The SMILES string of the molecule is Cc1c(O)ccc(C2(N)CCC2)c1O. The highest BCUT2D eigenvalue weighted by Gasteiger charge is 2.36. The number of phenolic OH excluding ortho intramolecular Hbond substituents is 2. The lowest BCUT2D eigenvalue weighted by atomic mass is 9.72. The molecule has 4 N–H and O–H groups in total. The van der Waals surface area contributed by atoms with E-state index in [2.05, 4.69) is 0 Å². The van der Waals surface area contributed by atoms with E-state index in [1.54, 1.807) is 19.1 Å². The topological polar surface area (TPSA) is 66.5 Å². The summed E-state index contributed by atoms with van der Waals surface area (Å²) >= 11 is 0. The molecule has 1 aliphatic rings. The van der Waals surface area contributed by atoms with Gasteiger partial charge in [0.05, 0.1) is 0 Å². The largest absolute Gasteiger partial charge is 0.508 e. The Morgan fingerprint density at radius 2 is 1.93 bits per heavy atom. The van der Waals surface area contributed by atoms with Gasteiger partial charge in [0.25, 0.3) is 0 Å². The molecule has 1 fully saturated rings. The highest BCUT2D eigenvalue weighted by atomic mass is 16.3. The van der Waals surface area contributed by atoms with E-state index in [0.717, 1.165) is 24.8 Å². The molecule has 0 amide bonds. The van der Waals surface area contributed by atoms with E-state index in [9.17, 15) is 10.2 Å². The summed E-state index contributed by atoms with van der Waals surface area (Å²) in [6, 6.07) is 3.31. The molecule has 0 bridgehead atoms. The Kier molecular flexibility index (Phi) is 1.93. The van der Waals surface area contributed by atoms with Crippen molar-refractivity contribution in [1.29, 1.82) is 0 Å². The summed E-state index contributed by atoms with van der Waals surface area (Å²) in [6.45, 7) is 1.69. The molecule has 1 aromatic carbocycles. The Morgan fingerprint density at radius 3 is 2.43 bits per heavy atom. The summed E-state index contributed by atoms with van der Waals surface area (Å²) in [7, 11) is 0. The van der Waals surface area contributed by atoms with Crippen molar-refractivity contribution in [3.8, 4) is 11.5 Å². The Hall–Kier alpha value is -1.22. The Labute approximate surface area is 83.2 Å². The van der Waals surface area contributed by atoms with Crippen molar-refractivity contribution in [3.63, 3.8) is 0 Å². The van der Waals surface area contributed by atoms with E-state index in [1.807, 2.05) is 0 Å². The molecule has 2 rings (SSSR count). The molecule has 0 saturated heterocycles. The van der Waals surface area contributed by atoms with Gasteiger partial charge < -0.3 is 15.9 Å². The van der Waals surface area contributed by atoms with Crippen molar-refractivity contribution in [1.82, 2.24) is 0 Å². The maximum atomic E-state index is 9.84. The van der Waals surface area contributed by atoms with E-state index in [4.69, 9.17) is 5.73 Å². The molecule has 3 nitrogen and oxygen atoms in total. The third-order valence-corrected chi connectivity index (χ3v) is 3.18. The average molecular weight is 193 g/mol. The summed E-state index contributed by atoms with van der Waals surface area (Å²) in [6.07, 6.45) is 2.92. The predicted molar refractivity (Wildman–Crippen MR) is 54.2 cm³/mol. The van der Waals surface area contributed by atoms with E-state index < -0.39 is 0 Å².